The van der Waals surface area contributed by atoms with Gasteiger partial charge in [-0.15, -0.1) is 0 Å². The first kappa shape index (κ1) is 11.6. The van der Waals surface area contributed by atoms with Gasteiger partial charge < -0.3 is 10.5 Å². The van der Waals surface area contributed by atoms with Gasteiger partial charge >= 0.3 is 0 Å². The highest BCUT2D eigenvalue weighted by Crippen LogP contribution is 2.32. The second-order valence-corrected chi connectivity index (χ2v) is 5.24. The van der Waals surface area contributed by atoms with Gasteiger partial charge in [-0.2, -0.15) is 0 Å². The highest BCUT2D eigenvalue weighted by atomic mass is 16.5. The molecule has 2 rings (SSSR count). The first-order valence-electron chi connectivity index (χ1n) is 6.01. The van der Waals surface area contributed by atoms with Crippen LogP contribution < -0.4 is 5.73 Å². The summed E-state index contributed by atoms with van der Waals surface area (Å²) in [4.78, 5) is 0. The Morgan fingerprint density at radius 2 is 2.00 bits per heavy atom. The second kappa shape index (κ2) is 4.56. The maximum atomic E-state index is 6.41. The zero-order valence-corrected chi connectivity index (χ0v) is 10.1. The summed E-state index contributed by atoms with van der Waals surface area (Å²) < 4.78 is 5.43. The maximum absolute atomic E-state index is 6.41. The fourth-order valence-corrected chi connectivity index (χ4v) is 2.49. The van der Waals surface area contributed by atoms with E-state index in [1.807, 2.05) is 6.07 Å². The molecule has 1 aromatic carbocycles. The number of hydrogen-bond acceptors (Lipinski definition) is 2. The van der Waals surface area contributed by atoms with E-state index in [1.54, 1.807) is 0 Å². The maximum Gasteiger partial charge on any atom is 0.0510 e. The molecule has 1 aliphatic rings. The van der Waals surface area contributed by atoms with Crippen molar-refractivity contribution in [1.29, 1.82) is 0 Å². The van der Waals surface area contributed by atoms with Crippen molar-refractivity contribution in [3.05, 3.63) is 35.9 Å². The molecular formula is C14H21NO. The lowest BCUT2D eigenvalue weighted by Crippen LogP contribution is -2.46. The molecular weight excluding hydrogens is 198 g/mol. The van der Waals surface area contributed by atoms with Gasteiger partial charge in [-0.25, -0.2) is 0 Å². The Morgan fingerprint density at radius 1 is 1.31 bits per heavy atom. The van der Waals surface area contributed by atoms with Crippen molar-refractivity contribution in [3.63, 3.8) is 0 Å². The standard InChI is InChI=1S/C14H21NO/c1-14(2,12-6-4-3-5-7-12)13(15)11-8-9-16-10-11/h3-7,11,13H,8-10,15H2,1-2H3. The fraction of sp³-hybridized carbons (Fsp3) is 0.571. The molecule has 0 aromatic heterocycles. The van der Waals surface area contributed by atoms with Gasteiger partial charge in [-0.05, 0) is 12.0 Å². The van der Waals surface area contributed by atoms with Gasteiger partial charge in [0.05, 0.1) is 6.61 Å². The van der Waals surface area contributed by atoms with Crippen molar-refractivity contribution in [2.45, 2.75) is 31.7 Å². The molecule has 0 spiro atoms. The second-order valence-electron chi connectivity index (χ2n) is 5.24. The van der Waals surface area contributed by atoms with Crippen LogP contribution in [-0.4, -0.2) is 19.3 Å². The topological polar surface area (TPSA) is 35.2 Å². The van der Waals surface area contributed by atoms with Gasteiger partial charge in [0.2, 0.25) is 0 Å². The average Bonchev–Trinajstić information content (AvgIpc) is 2.82. The van der Waals surface area contributed by atoms with Gasteiger partial charge in [0.15, 0.2) is 0 Å². The number of ether oxygens (including phenoxy) is 1. The summed E-state index contributed by atoms with van der Waals surface area (Å²) in [6.45, 7) is 6.14. The summed E-state index contributed by atoms with van der Waals surface area (Å²) >= 11 is 0. The molecule has 0 radical (unpaired) electrons. The molecule has 0 saturated carbocycles. The number of rotatable bonds is 3. The summed E-state index contributed by atoms with van der Waals surface area (Å²) in [7, 11) is 0. The predicted molar refractivity (Wildman–Crippen MR) is 66.4 cm³/mol. The minimum atomic E-state index is 0.0135. The van der Waals surface area contributed by atoms with Gasteiger partial charge in [0, 0.05) is 24.0 Å². The van der Waals surface area contributed by atoms with Crippen LogP contribution in [0.5, 0.6) is 0 Å². The van der Waals surface area contributed by atoms with Crippen LogP contribution in [0.3, 0.4) is 0 Å². The smallest absolute Gasteiger partial charge is 0.0510 e. The van der Waals surface area contributed by atoms with Gasteiger partial charge in [-0.3, -0.25) is 0 Å². The summed E-state index contributed by atoms with van der Waals surface area (Å²) in [5.41, 5.74) is 7.74. The van der Waals surface area contributed by atoms with Crippen LogP contribution in [0.2, 0.25) is 0 Å². The minimum absolute atomic E-state index is 0.0135. The predicted octanol–water partition coefficient (Wildman–Crippen LogP) is 2.33. The summed E-state index contributed by atoms with van der Waals surface area (Å²) in [6.07, 6.45) is 1.09. The van der Waals surface area contributed by atoms with Crippen molar-refractivity contribution in [2.75, 3.05) is 13.2 Å². The summed E-state index contributed by atoms with van der Waals surface area (Å²) in [5.74, 6) is 0.496. The highest BCUT2D eigenvalue weighted by molar-refractivity contribution is 5.26. The van der Waals surface area contributed by atoms with E-state index in [-0.39, 0.29) is 11.5 Å². The molecule has 0 amide bonds. The average molecular weight is 219 g/mol. The van der Waals surface area contributed by atoms with Crippen molar-refractivity contribution in [1.82, 2.24) is 0 Å². The highest BCUT2D eigenvalue weighted by Gasteiger charge is 2.35. The van der Waals surface area contributed by atoms with E-state index in [4.69, 9.17) is 10.5 Å². The van der Waals surface area contributed by atoms with Crippen LogP contribution in [0.15, 0.2) is 30.3 Å². The minimum Gasteiger partial charge on any atom is -0.381 e. The molecule has 1 saturated heterocycles. The first-order chi connectivity index (χ1) is 7.62. The monoisotopic (exact) mass is 219 g/mol. The van der Waals surface area contributed by atoms with Crippen molar-refractivity contribution >= 4 is 0 Å². The van der Waals surface area contributed by atoms with Crippen molar-refractivity contribution in [2.24, 2.45) is 11.7 Å². The lowest BCUT2D eigenvalue weighted by atomic mass is 9.73. The molecule has 1 aromatic rings. The molecule has 1 aliphatic heterocycles. The summed E-state index contributed by atoms with van der Waals surface area (Å²) in [6, 6.07) is 10.7. The van der Waals surface area contributed by atoms with E-state index in [9.17, 15) is 0 Å². The van der Waals surface area contributed by atoms with Crippen molar-refractivity contribution in [3.8, 4) is 0 Å². The normalized spacial score (nSPS) is 23.3. The Hall–Kier alpha value is -0.860. The van der Waals surface area contributed by atoms with E-state index in [2.05, 4.69) is 38.1 Å². The zero-order valence-electron chi connectivity index (χ0n) is 10.1. The van der Waals surface area contributed by atoms with E-state index < -0.39 is 0 Å². The largest absolute Gasteiger partial charge is 0.381 e. The van der Waals surface area contributed by atoms with E-state index in [0.29, 0.717) is 5.92 Å². The molecule has 2 heteroatoms. The quantitative estimate of drug-likeness (QED) is 0.846. The molecule has 0 aliphatic carbocycles. The Morgan fingerprint density at radius 3 is 2.56 bits per heavy atom. The van der Waals surface area contributed by atoms with Gasteiger partial charge in [-0.1, -0.05) is 44.2 Å². The lowest BCUT2D eigenvalue weighted by Gasteiger charge is -2.35. The molecule has 2 atom stereocenters. The fourth-order valence-electron chi connectivity index (χ4n) is 2.49. The van der Waals surface area contributed by atoms with Crippen molar-refractivity contribution < 1.29 is 4.74 Å². The number of nitrogens with two attached hydrogens (primary N) is 1. The third-order valence-electron chi connectivity index (χ3n) is 3.82. The van der Waals surface area contributed by atoms with E-state index in [1.165, 1.54) is 5.56 Å². The van der Waals surface area contributed by atoms with E-state index >= 15 is 0 Å². The Bertz CT molecular complexity index is 328. The van der Waals surface area contributed by atoms with Crippen LogP contribution in [0.25, 0.3) is 0 Å². The number of benzene rings is 1. The zero-order chi connectivity index (χ0) is 11.6. The molecule has 1 heterocycles. The summed E-state index contributed by atoms with van der Waals surface area (Å²) in [5, 5.41) is 0. The van der Waals surface area contributed by atoms with E-state index in [0.717, 1.165) is 19.6 Å². The van der Waals surface area contributed by atoms with Crippen LogP contribution in [-0.2, 0) is 10.2 Å². The van der Waals surface area contributed by atoms with Crippen LogP contribution in [0.1, 0.15) is 25.8 Å². The third-order valence-corrected chi connectivity index (χ3v) is 3.82. The van der Waals surface area contributed by atoms with Gasteiger partial charge in [0.25, 0.3) is 0 Å². The molecule has 88 valence electrons. The third kappa shape index (κ3) is 2.13. The van der Waals surface area contributed by atoms with Gasteiger partial charge in [0.1, 0.15) is 0 Å². The molecule has 1 fully saturated rings. The van der Waals surface area contributed by atoms with Crippen LogP contribution in [0, 0.1) is 5.92 Å². The Labute approximate surface area is 97.8 Å². The SMILES string of the molecule is CC(C)(c1ccccc1)C(N)C1CCOC1. The Balaban J connectivity index is 2.17. The van der Waals surface area contributed by atoms with Crippen LogP contribution >= 0.6 is 0 Å². The molecule has 2 N–H and O–H groups in total. The molecule has 0 bridgehead atoms. The molecule has 2 unspecified atom stereocenters. The number of hydrogen-bond donors (Lipinski definition) is 1. The molecule has 16 heavy (non-hydrogen) atoms. The van der Waals surface area contributed by atoms with Crippen LogP contribution in [0.4, 0.5) is 0 Å². The Kier molecular flexibility index (Phi) is 3.31. The lowest BCUT2D eigenvalue weighted by molar-refractivity contribution is 0.171. The molecule has 2 nitrogen and oxygen atoms in total. The first-order valence-corrected chi connectivity index (χ1v) is 6.01.